The van der Waals surface area contributed by atoms with E-state index in [2.05, 4.69) is 20.9 Å². The lowest BCUT2D eigenvalue weighted by Gasteiger charge is -2.07. The summed E-state index contributed by atoms with van der Waals surface area (Å²) in [6.07, 6.45) is 0. The first-order valence-corrected chi connectivity index (χ1v) is 8.09. The Hall–Kier alpha value is -3.23. The number of nitrogens with one attached hydrogen (secondary N) is 2. The Labute approximate surface area is 150 Å². The molecule has 0 unspecified atom stereocenters. The first-order valence-electron chi connectivity index (χ1n) is 8.09. The van der Waals surface area contributed by atoms with Gasteiger partial charge in [0.15, 0.2) is 5.69 Å². The third-order valence-electron chi connectivity index (χ3n) is 3.50. The third kappa shape index (κ3) is 5.69. The minimum Gasteiger partial charge on any atom is -0.456 e. The largest absolute Gasteiger partial charge is 0.456 e. The number of nitrogens with zero attached hydrogens (tertiary/aromatic N) is 3. The van der Waals surface area contributed by atoms with E-state index in [0.29, 0.717) is 18.8 Å². The molecule has 2 amide bonds. The van der Waals surface area contributed by atoms with Gasteiger partial charge >= 0.3 is 5.97 Å². The lowest BCUT2D eigenvalue weighted by atomic mass is 10.2. The number of aromatic nitrogens is 3. The molecule has 138 valence electrons. The van der Waals surface area contributed by atoms with Crippen LogP contribution in [0.2, 0.25) is 0 Å². The smallest absolute Gasteiger partial charge is 0.361 e. The number of amides is 2. The molecule has 0 atom stereocenters. The second-order valence-corrected chi connectivity index (χ2v) is 5.58. The molecule has 0 aliphatic heterocycles. The minimum absolute atomic E-state index is 0.0759. The molecule has 0 saturated carbocycles. The van der Waals surface area contributed by atoms with Gasteiger partial charge in [-0.15, -0.1) is 5.10 Å². The quantitative estimate of drug-likeness (QED) is 0.514. The van der Waals surface area contributed by atoms with Crippen molar-refractivity contribution in [2.45, 2.75) is 27.0 Å². The molecule has 0 bridgehead atoms. The van der Waals surface area contributed by atoms with Gasteiger partial charge in [-0.3, -0.25) is 9.59 Å². The van der Waals surface area contributed by atoms with Gasteiger partial charge in [0.1, 0.15) is 13.2 Å². The number of rotatable bonds is 8. The van der Waals surface area contributed by atoms with Crippen LogP contribution in [0.3, 0.4) is 0 Å². The molecule has 0 spiro atoms. The molecule has 0 aliphatic rings. The molecule has 0 radical (unpaired) electrons. The summed E-state index contributed by atoms with van der Waals surface area (Å²) < 4.78 is 6.55. The van der Waals surface area contributed by atoms with Crippen LogP contribution in [0.1, 0.15) is 28.7 Å². The first kappa shape index (κ1) is 19.1. The van der Waals surface area contributed by atoms with Crippen LogP contribution < -0.4 is 10.6 Å². The van der Waals surface area contributed by atoms with Gasteiger partial charge in [0, 0.05) is 20.0 Å². The molecule has 1 aromatic heterocycles. The highest BCUT2D eigenvalue weighted by molar-refractivity contribution is 5.88. The summed E-state index contributed by atoms with van der Waals surface area (Å²) in [5, 5.41) is 12.8. The van der Waals surface area contributed by atoms with Gasteiger partial charge in [0.2, 0.25) is 11.8 Å². The SMILES string of the molecule is CC(=O)NCCNC(=O)Cn1nnc(C(=O)OCc2ccccc2)c1C. The van der Waals surface area contributed by atoms with Gasteiger partial charge in [-0.25, -0.2) is 9.48 Å². The normalized spacial score (nSPS) is 10.2. The maximum Gasteiger partial charge on any atom is 0.361 e. The maximum atomic E-state index is 12.1. The molecule has 0 aliphatic carbocycles. The molecule has 1 heterocycles. The van der Waals surface area contributed by atoms with E-state index in [0.717, 1.165) is 5.56 Å². The van der Waals surface area contributed by atoms with Gasteiger partial charge in [-0.2, -0.15) is 0 Å². The molecule has 9 heteroatoms. The van der Waals surface area contributed by atoms with Crippen LogP contribution in [-0.2, 0) is 27.5 Å². The summed E-state index contributed by atoms with van der Waals surface area (Å²) >= 11 is 0. The van der Waals surface area contributed by atoms with Gasteiger partial charge in [-0.05, 0) is 12.5 Å². The number of ether oxygens (including phenoxy) is 1. The van der Waals surface area contributed by atoms with E-state index in [-0.39, 0.29) is 30.7 Å². The fourth-order valence-corrected chi connectivity index (χ4v) is 2.12. The molecule has 0 fully saturated rings. The zero-order valence-corrected chi connectivity index (χ0v) is 14.7. The Balaban J connectivity index is 1.85. The summed E-state index contributed by atoms with van der Waals surface area (Å²) in [7, 11) is 0. The number of hydrogen-bond donors (Lipinski definition) is 2. The standard InChI is InChI=1S/C17H21N5O4/c1-12-16(17(25)26-11-14-6-4-3-5-7-14)20-21-22(12)10-15(24)19-9-8-18-13(2)23/h3-7H,8-11H2,1-2H3,(H,18,23)(H,19,24). The second kappa shape index (κ2) is 9.30. The van der Waals surface area contributed by atoms with Crippen LogP contribution in [-0.4, -0.2) is 45.9 Å². The Kier molecular flexibility index (Phi) is 6.84. The van der Waals surface area contributed by atoms with Gasteiger partial charge in [0.05, 0.1) is 5.69 Å². The molecule has 1 aromatic carbocycles. The Bertz CT molecular complexity index is 773. The average Bonchev–Trinajstić information content (AvgIpc) is 2.98. The summed E-state index contributed by atoms with van der Waals surface area (Å²) in [5.74, 6) is -1.05. The highest BCUT2D eigenvalue weighted by Crippen LogP contribution is 2.08. The Morgan fingerprint density at radius 1 is 1.12 bits per heavy atom. The third-order valence-corrected chi connectivity index (χ3v) is 3.50. The second-order valence-electron chi connectivity index (χ2n) is 5.58. The van der Waals surface area contributed by atoms with Crippen LogP contribution in [0.15, 0.2) is 30.3 Å². The van der Waals surface area contributed by atoms with E-state index in [4.69, 9.17) is 4.74 Å². The molecule has 0 saturated heterocycles. The van der Waals surface area contributed by atoms with Gasteiger partial charge in [0.25, 0.3) is 0 Å². The summed E-state index contributed by atoms with van der Waals surface area (Å²) in [6.45, 7) is 3.75. The fraction of sp³-hybridized carbons (Fsp3) is 0.353. The topological polar surface area (TPSA) is 115 Å². The van der Waals surface area contributed by atoms with Crippen molar-refractivity contribution in [3.8, 4) is 0 Å². The Morgan fingerprint density at radius 2 is 1.81 bits per heavy atom. The lowest BCUT2D eigenvalue weighted by Crippen LogP contribution is -2.35. The number of carbonyl (C=O) groups is 3. The van der Waals surface area contributed by atoms with Crippen molar-refractivity contribution >= 4 is 17.8 Å². The molecular weight excluding hydrogens is 338 g/mol. The van der Waals surface area contributed by atoms with Crippen LogP contribution in [0.4, 0.5) is 0 Å². The summed E-state index contributed by atoms with van der Waals surface area (Å²) in [4.78, 5) is 34.7. The van der Waals surface area contributed by atoms with Crippen LogP contribution >= 0.6 is 0 Å². The van der Waals surface area contributed by atoms with Crippen LogP contribution in [0.5, 0.6) is 0 Å². The fourth-order valence-electron chi connectivity index (χ4n) is 2.12. The Morgan fingerprint density at radius 3 is 2.50 bits per heavy atom. The van der Waals surface area contributed by atoms with E-state index < -0.39 is 5.97 Å². The summed E-state index contributed by atoms with van der Waals surface area (Å²) in [6, 6.07) is 9.29. The van der Waals surface area contributed by atoms with Crippen LogP contribution in [0.25, 0.3) is 0 Å². The van der Waals surface area contributed by atoms with E-state index in [1.54, 1.807) is 6.92 Å². The van der Waals surface area contributed by atoms with Crippen molar-refractivity contribution in [2.24, 2.45) is 0 Å². The monoisotopic (exact) mass is 359 g/mol. The molecule has 2 rings (SSSR count). The van der Waals surface area contributed by atoms with Crippen molar-refractivity contribution in [1.82, 2.24) is 25.6 Å². The van der Waals surface area contributed by atoms with E-state index in [1.807, 2.05) is 30.3 Å². The van der Waals surface area contributed by atoms with Crippen molar-refractivity contribution in [3.63, 3.8) is 0 Å². The molecule has 2 N–H and O–H groups in total. The number of benzene rings is 1. The maximum absolute atomic E-state index is 12.1. The van der Waals surface area contributed by atoms with Crippen molar-refractivity contribution in [2.75, 3.05) is 13.1 Å². The predicted molar refractivity (Wildman–Crippen MR) is 92.0 cm³/mol. The average molecular weight is 359 g/mol. The molecular formula is C17H21N5O4. The number of carbonyl (C=O) groups excluding carboxylic acids is 3. The highest BCUT2D eigenvalue weighted by atomic mass is 16.5. The molecule has 9 nitrogen and oxygen atoms in total. The van der Waals surface area contributed by atoms with Crippen molar-refractivity contribution < 1.29 is 19.1 Å². The molecule has 2 aromatic rings. The minimum atomic E-state index is -0.594. The highest BCUT2D eigenvalue weighted by Gasteiger charge is 2.19. The summed E-state index contributed by atoms with van der Waals surface area (Å²) in [5.41, 5.74) is 1.39. The van der Waals surface area contributed by atoms with Gasteiger partial charge < -0.3 is 15.4 Å². The van der Waals surface area contributed by atoms with Crippen molar-refractivity contribution in [3.05, 3.63) is 47.3 Å². The zero-order valence-electron chi connectivity index (χ0n) is 14.7. The van der Waals surface area contributed by atoms with E-state index in [1.165, 1.54) is 11.6 Å². The van der Waals surface area contributed by atoms with E-state index in [9.17, 15) is 14.4 Å². The first-order chi connectivity index (χ1) is 12.5. The zero-order chi connectivity index (χ0) is 18.9. The number of hydrogen-bond acceptors (Lipinski definition) is 6. The lowest BCUT2D eigenvalue weighted by molar-refractivity contribution is -0.122. The van der Waals surface area contributed by atoms with E-state index >= 15 is 0 Å². The predicted octanol–water partition coefficient (Wildman–Crippen LogP) is 0.196. The molecule has 26 heavy (non-hydrogen) atoms. The number of esters is 1. The van der Waals surface area contributed by atoms with Crippen LogP contribution in [0, 0.1) is 6.92 Å². The van der Waals surface area contributed by atoms with Crippen molar-refractivity contribution in [1.29, 1.82) is 0 Å². The van der Waals surface area contributed by atoms with Gasteiger partial charge in [-0.1, -0.05) is 35.5 Å².